The van der Waals surface area contributed by atoms with Gasteiger partial charge in [0.05, 0.1) is 18.6 Å². The molecule has 1 amide bonds. The van der Waals surface area contributed by atoms with Gasteiger partial charge < -0.3 is 15.0 Å². The normalized spacial score (nSPS) is 14.6. The number of methoxy groups -OCH3 is 1. The van der Waals surface area contributed by atoms with Gasteiger partial charge in [-0.15, -0.1) is 0 Å². The molecule has 0 bridgehead atoms. The second-order valence-electron chi connectivity index (χ2n) is 6.77. The van der Waals surface area contributed by atoms with Crippen LogP contribution in [0.15, 0.2) is 35.6 Å². The number of benzene rings is 1. The van der Waals surface area contributed by atoms with Gasteiger partial charge >= 0.3 is 0 Å². The van der Waals surface area contributed by atoms with Crippen LogP contribution in [0.3, 0.4) is 0 Å². The van der Waals surface area contributed by atoms with Gasteiger partial charge in [0, 0.05) is 13.1 Å². The van der Waals surface area contributed by atoms with E-state index < -0.39 is 0 Å². The minimum absolute atomic E-state index is 0.108. The van der Waals surface area contributed by atoms with Gasteiger partial charge in [0.1, 0.15) is 21.8 Å². The van der Waals surface area contributed by atoms with E-state index >= 15 is 0 Å². The van der Waals surface area contributed by atoms with Crippen LogP contribution in [0.25, 0.3) is 10.3 Å². The van der Waals surface area contributed by atoms with Crippen molar-refractivity contribution in [1.29, 1.82) is 0 Å². The molecule has 0 spiro atoms. The molecule has 0 radical (unpaired) electrons. The van der Waals surface area contributed by atoms with Crippen molar-refractivity contribution in [3.8, 4) is 5.75 Å². The number of para-hydroxylation sites is 2. The van der Waals surface area contributed by atoms with Gasteiger partial charge in [-0.2, -0.15) is 4.98 Å². The van der Waals surface area contributed by atoms with E-state index in [1.807, 2.05) is 24.3 Å². The molecular weight excluding hydrogens is 406 g/mol. The molecule has 3 aromatic rings. The van der Waals surface area contributed by atoms with E-state index in [0.717, 1.165) is 27.9 Å². The quantitative estimate of drug-likeness (QED) is 0.464. The zero-order chi connectivity index (χ0) is 20.1. The molecule has 1 saturated heterocycles. The number of anilines is 2. The molecule has 9 heteroatoms. The summed E-state index contributed by atoms with van der Waals surface area (Å²) in [7, 11) is 1.59. The van der Waals surface area contributed by atoms with E-state index in [9.17, 15) is 4.79 Å². The highest BCUT2D eigenvalue weighted by Gasteiger charge is 2.18. The first-order valence-corrected chi connectivity index (χ1v) is 11.5. The molecule has 0 aliphatic carbocycles. The van der Waals surface area contributed by atoms with E-state index in [1.54, 1.807) is 18.4 Å². The number of nitrogens with one attached hydrogen (secondary N) is 1. The van der Waals surface area contributed by atoms with Crippen LogP contribution in [-0.4, -0.2) is 46.8 Å². The summed E-state index contributed by atoms with van der Waals surface area (Å²) in [5, 5.41) is 4.69. The molecule has 152 valence electrons. The van der Waals surface area contributed by atoms with Crippen molar-refractivity contribution < 1.29 is 9.53 Å². The van der Waals surface area contributed by atoms with Crippen molar-refractivity contribution >= 4 is 50.2 Å². The van der Waals surface area contributed by atoms with Crippen molar-refractivity contribution in [2.24, 2.45) is 0 Å². The number of hydrogen-bond donors (Lipinski definition) is 1. The third kappa shape index (κ3) is 4.79. The smallest absolute Gasteiger partial charge is 0.234 e. The highest BCUT2D eigenvalue weighted by Crippen LogP contribution is 2.34. The van der Waals surface area contributed by atoms with E-state index in [-0.39, 0.29) is 11.7 Å². The first-order valence-electron chi connectivity index (χ1n) is 9.67. The fraction of sp³-hybridized carbons (Fsp3) is 0.400. The Morgan fingerprint density at radius 1 is 1.21 bits per heavy atom. The first-order chi connectivity index (χ1) is 14.2. The average Bonchev–Trinajstić information content (AvgIpc) is 2.99. The SMILES string of the molecule is COc1ccccc1NC(=O)CSc1ncnc2nc(N3CCCCCC3)sc12. The number of thioether (sulfide) groups is 1. The molecule has 1 aliphatic rings. The van der Waals surface area contributed by atoms with Crippen molar-refractivity contribution in [2.45, 2.75) is 30.7 Å². The van der Waals surface area contributed by atoms with Gasteiger partial charge in [0.2, 0.25) is 5.91 Å². The number of carbonyl (C=O) groups is 1. The largest absolute Gasteiger partial charge is 0.495 e. The first kappa shape index (κ1) is 19.9. The zero-order valence-corrected chi connectivity index (χ0v) is 17.9. The van der Waals surface area contributed by atoms with Crippen LogP contribution in [0.5, 0.6) is 5.75 Å². The third-order valence-electron chi connectivity index (χ3n) is 4.74. The van der Waals surface area contributed by atoms with Crippen LogP contribution in [0.4, 0.5) is 10.8 Å². The molecule has 0 atom stereocenters. The van der Waals surface area contributed by atoms with Crippen LogP contribution >= 0.6 is 23.1 Å². The lowest BCUT2D eigenvalue weighted by Crippen LogP contribution is -2.23. The maximum Gasteiger partial charge on any atom is 0.234 e. The Kier molecular flexibility index (Phi) is 6.46. The fourth-order valence-corrected chi connectivity index (χ4v) is 5.23. The number of fused-ring (bicyclic) bond motifs is 1. The summed E-state index contributed by atoms with van der Waals surface area (Å²) in [5.74, 6) is 0.782. The Bertz CT molecular complexity index is 986. The van der Waals surface area contributed by atoms with E-state index in [2.05, 4.69) is 20.2 Å². The van der Waals surface area contributed by atoms with Crippen LogP contribution < -0.4 is 15.0 Å². The molecule has 1 aliphatic heterocycles. The van der Waals surface area contributed by atoms with E-state index in [4.69, 9.17) is 9.72 Å². The van der Waals surface area contributed by atoms with Crippen LogP contribution in [0, 0.1) is 0 Å². The number of nitrogens with zero attached hydrogens (tertiary/aromatic N) is 4. The predicted octanol–water partition coefficient (Wildman–Crippen LogP) is 4.21. The Morgan fingerprint density at radius 3 is 2.79 bits per heavy atom. The summed E-state index contributed by atoms with van der Waals surface area (Å²) in [6.45, 7) is 2.08. The number of ether oxygens (including phenoxy) is 1. The minimum atomic E-state index is -0.108. The van der Waals surface area contributed by atoms with Crippen molar-refractivity contribution in [3.63, 3.8) is 0 Å². The minimum Gasteiger partial charge on any atom is -0.495 e. The summed E-state index contributed by atoms with van der Waals surface area (Å²) in [5.41, 5.74) is 1.37. The second kappa shape index (κ2) is 9.41. The van der Waals surface area contributed by atoms with Crippen molar-refractivity contribution in [2.75, 3.05) is 36.2 Å². The third-order valence-corrected chi connectivity index (χ3v) is 6.98. The molecule has 1 fully saturated rings. The summed E-state index contributed by atoms with van der Waals surface area (Å²) >= 11 is 3.02. The fourth-order valence-electron chi connectivity index (χ4n) is 3.29. The number of amides is 1. The zero-order valence-electron chi connectivity index (χ0n) is 16.3. The van der Waals surface area contributed by atoms with Gasteiger partial charge in [-0.05, 0) is 25.0 Å². The summed E-state index contributed by atoms with van der Waals surface area (Å²) < 4.78 is 6.23. The van der Waals surface area contributed by atoms with Crippen molar-refractivity contribution in [3.05, 3.63) is 30.6 Å². The molecule has 1 aromatic carbocycles. The second-order valence-corrected chi connectivity index (χ2v) is 8.71. The molecular formula is C20H23N5O2S2. The Hall–Kier alpha value is -2.39. The lowest BCUT2D eigenvalue weighted by Gasteiger charge is -2.18. The lowest BCUT2D eigenvalue weighted by molar-refractivity contribution is -0.113. The standard InChI is InChI=1S/C20H23N5O2S2/c1-27-15-9-5-4-8-14(15)23-16(26)12-28-19-17-18(21-13-22-19)24-20(29-17)25-10-6-2-3-7-11-25/h4-5,8-9,13H,2-3,6-7,10-12H2,1H3,(H,23,26). The highest BCUT2D eigenvalue weighted by atomic mass is 32.2. The van der Waals surface area contributed by atoms with Crippen LogP contribution in [0.1, 0.15) is 25.7 Å². The molecule has 0 unspecified atom stereocenters. The maximum absolute atomic E-state index is 12.4. The molecule has 2 aromatic heterocycles. The monoisotopic (exact) mass is 429 g/mol. The Balaban J connectivity index is 1.45. The number of rotatable bonds is 6. The van der Waals surface area contributed by atoms with Crippen LogP contribution in [-0.2, 0) is 4.79 Å². The number of hydrogen-bond acceptors (Lipinski definition) is 8. The molecule has 7 nitrogen and oxygen atoms in total. The molecule has 0 saturated carbocycles. The number of carbonyl (C=O) groups excluding carboxylic acids is 1. The molecule has 1 N–H and O–H groups in total. The molecule has 4 rings (SSSR count). The van der Waals surface area contributed by atoms with Gasteiger partial charge in [-0.1, -0.05) is 48.1 Å². The van der Waals surface area contributed by atoms with E-state index in [1.165, 1.54) is 43.8 Å². The van der Waals surface area contributed by atoms with Gasteiger partial charge in [0.25, 0.3) is 0 Å². The van der Waals surface area contributed by atoms with Gasteiger partial charge in [-0.3, -0.25) is 4.79 Å². The predicted molar refractivity (Wildman–Crippen MR) is 118 cm³/mol. The molecule has 3 heterocycles. The number of aromatic nitrogens is 3. The van der Waals surface area contributed by atoms with Gasteiger partial charge in [0.15, 0.2) is 10.8 Å². The Labute approximate surface area is 177 Å². The average molecular weight is 430 g/mol. The topological polar surface area (TPSA) is 80.2 Å². The number of thiazole rings is 1. The van der Waals surface area contributed by atoms with Crippen LogP contribution in [0.2, 0.25) is 0 Å². The Morgan fingerprint density at radius 2 is 2.00 bits per heavy atom. The summed E-state index contributed by atoms with van der Waals surface area (Å²) in [4.78, 5) is 28.2. The lowest BCUT2D eigenvalue weighted by atomic mass is 10.2. The van der Waals surface area contributed by atoms with Crippen molar-refractivity contribution in [1.82, 2.24) is 15.0 Å². The van der Waals surface area contributed by atoms with E-state index in [0.29, 0.717) is 17.1 Å². The van der Waals surface area contributed by atoms with Gasteiger partial charge in [-0.25, -0.2) is 9.97 Å². The summed E-state index contributed by atoms with van der Waals surface area (Å²) in [6, 6.07) is 7.37. The summed E-state index contributed by atoms with van der Waals surface area (Å²) in [6.07, 6.45) is 6.49. The highest BCUT2D eigenvalue weighted by molar-refractivity contribution is 8.00. The maximum atomic E-state index is 12.4. The molecule has 29 heavy (non-hydrogen) atoms.